The minimum Gasteiger partial charge on any atom is -0.495 e. The smallest absolute Gasteiger partial charge is 0.198 e. The van der Waals surface area contributed by atoms with Gasteiger partial charge < -0.3 is 9.47 Å². The van der Waals surface area contributed by atoms with Crippen LogP contribution in [0.4, 0.5) is 0 Å². The lowest BCUT2D eigenvalue weighted by molar-refractivity contribution is 0.0974. The van der Waals surface area contributed by atoms with Crippen LogP contribution in [0.5, 0.6) is 11.5 Å². The lowest BCUT2D eigenvalue weighted by Gasteiger charge is -2.22. The van der Waals surface area contributed by atoms with E-state index >= 15 is 0 Å². The van der Waals surface area contributed by atoms with Crippen LogP contribution in [0.1, 0.15) is 31.8 Å². The number of ketones is 2. The molecule has 1 heterocycles. The van der Waals surface area contributed by atoms with Crippen LogP contribution in [-0.2, 0) is 7.05 Å². The van der Waals surface area contributed by atoms with Crippen molar-refractivity contribution < 1.29 is 19.1 Å². The third-order valence-electron chi connectivity index (χ3n) is 4.27. The third kappa shape index (κ3) is 1.68. The second kappa shape index (κ2) is 4.92. The Kier molecular flexibility index (Phi) is 2.96. The summed E-state index contributed by atoms with van der Waals surface area (Å²) in [6, 6.07) is 6.77. The zero-order valence-corrected chi connectivity index (χ0v) is 13.4. The van der Waals surface area contributed by atoms with Gasteiger partial charge in [-0.1, -0.05) is 24.3 Å². The first-order valence-corrected chi connectivity index (χ1v) is 7.38. The number of carbonyl (C=O) groups excluding carboxylic acids is 2. The van der Waals surface area contributed by atoms with Crippen LogP contribution in [-0.4, -0.2) is 35.6 Å². The SMILES string of the molecule is COc1c2c(c(OC)c3nn(C)cc13)C(=O)c1ccccc1C2=O. The molecule has 0 saturated carbocycles. The molecule has 0 aliphatic heterocycles. The van der Waals surface area contributed by atoms with Crippen molar-refractivity contribution in [2.24, 2.45) is 7.05 Å². The number of carbonyl (C=O) groups is 2. The van der Waals surface area contributed by atoms with Gasteiger partial charge in [0.25, 0.3) is 0 Å². The Morgan fingerprint density at radius 3 is 2.00 bits per heavy atom. The highest BCUT2D eigenvalue weighted by molar-refractivity contribution is 6.32. The minimum atomic E-state index is -0.261. The van der Waals surface area contributed by atoms with Crippen molar-refractivity contribution in [2.45, 2.75) is 0 Å². The number of benzene rings is 2. The lowest BCUT2D eigenvalue weighted by atomic mass is 9.82. The standard InChI is InChI=1S/C18H14N2O4/c1-20-8-11-14(19-20)18(24-3)13-12(17(11)23-2)15(21)9-6-4-5-7-10(9)16(13)22/h4-8H,1-3H3. The summed E-state index contributed by atoms with van der Waals surface area (Å²) in [5.74, 6) is 0.139. The van der Waals surface area contributed by atoms with Gasteiger partial charge in [0.2, 0.25) is 0 Å². The Morgan fingerprint density at radius 1 is 0.917 bits per heavy atom. The molecule has 3 aromatic rings. The topological polar surface area (TPSA) is 70.4 Å². The van der Waals surface area contributed by atoms with Gasteiger partial charge in [-0.25, -0.2) is 0 Å². The summed E-state index contributed by atoms with van der Waals surface area (Å²) in [5.41, 5.74) is 1.68. The first-order valence-electron chi connectivity index (χ1n) is 7.38. The predicted octanol–water partition coefficient (Wildman–Crippen LogP) is 2.37. The highest BCUT2D eigenvalue weighted by atomic mass is 16.5. The van der Waals surface area contributed by atoms with Crippen LogP contribution in [0.3, 0.4) is 0 Å². The molecule has 0 atom stereocenters. The van der Waals surface area contributed by atoms with Gasteiger partial charge in [0.15, 0.2) is 17.3 Å². The number of hydrogen-bond donors (Lipinski definition) is 0. The van der Waals surface area contributed by atoms with Crippen LogP contribution in [0.2, 0.25) is 0 Å². The molecular weight excluding hydrogens is 308 g/mol. The van der Waals surface area contributed by atoms with Crippen LogP contribution in [0, 0.1) is 0 Å². The molecule has 1 aromatic heterocycles. The van der Waals surface area contributed by atoms with Gasteiger partial charge in [0.1, 0.15) is 11.3 Å². The van der Waals surface area contributed by atoms with Gasteiger partial charge in [-0.2, -0.15) is 5.10 Å². The first kappa shape index (κ1) is 14.4. The second-order valence-corrected chi connectivity index (χ2v) is 5.59. The molecule has 6 heteroatoms. The number of rotatable bonds is 2. The maximum absolute atomic E-state index is 13.0. The molecule has 2 aromatic carbocycles. The van der Waals surface area contributed by atoms with Crippen molar-refractivity contribution in [1.82, 2.24) is 9.78 Å². The maximum Gasteiger partial charge on any atom is 0.198 e. The molecule has 0 saturated heterocycles. The Morgan fingerprint density at radius 2 is 1.46 bits per heavy atom. The van der Waals surface area contributed by atoms with E-state index in [2.05, 4.69) is 5.10 Å². The summed E-state index contributed by atoms with van der Waals surface area (Å²) in [7, 11) is 4.71. The van der Waals surface area contributed by atoms with Gasteiger partial charge in [0.05, 0.1) is 30.7 Å². The zero-order valence-electron chi connectivity index (χ0n) is 13.4. The molecule has 0 bridgehead atoms. The van der Waals surface area contributed by atoms with E-state index in [1.165, 1.54) is 14.2 Å². The van der Waals surface area contributed by atoms with Crippen LogP contribution in [0.25, 0.3) is 10.9 Å². The minimum absolute atomic E-state index is 0.212. The predicted molar refractivity (Wildman–Crippen MR) is 87.1 cm³/mol. The number of aryl methyl sites for hydroxylation is 1. The van der Waals surface area contributed by atoms with Crippen molar-refractivity contribution in [3.05, 3.63) is 52.7 Å². The van der Waals surface area contributed by atoms with E-state index in [1.807, 2.05) is 0 Å². The van der Waals surface area contributed by atoms with Crippen LogP contribution in [0.15, 0.2) is 30.5 Å². The number of fused-ring (bicyclic) bond motifs is 3. The summed E-state index contributed by atoms with van der Waals surface area (Å²) >= 11 is 0. The monoisotopic (exact) mass is 322 g/mol. The fourth-order valence-electron chi connectivity index (χ4n) is 3.29. The number of hydrogen-bond acceptors (Lipinski definition) is 5. The Balaban J connectivity index is 2.21. The highest BCUT2D eigenvalue weighted by Gasteiger charge is 2.37. The molecule has 0 amide bonds. The van der Waals surface area contributed by atoms with E-state index in [0.717, 1.165) is 0 Å². The quantitative estimate of drug-likeness (QED) is 0.566. The van der Waals surface area contributed by atoms with Crippen LogP contribution < -0.4 is 9.47 Å². The fraction of sp³-hybridized carbons (Fsp3) is 0.167. The Bertz CT molecular complexity index is 953. The summed E-state index contributed by atoms with van der Waals surface area (Å²) in [4.78, 5) is 26.1. The van der Waals surface area contributed by atoms with Gasteiger partial charge >= 0.3 is 0 Å². The lowest BCUT2D eigenvalue weighted by Crippen LogP contribution is -2.22. The maximum atomic E-state index is 13.0. The average Bonchev–Trinajstić information content (AvgIpc) is 2.98. The molecule has 0 fully saturated rings. The molecule has 0 radical (unpaired) electrons. The van der Waals surface area contributed by atoms with Crippen molar-refractivity contribution in [2.75, 3.05) is 14.2 Å². The number of ether oxygens (including phenoxy) is 2. The molecule has 0 spiro atoms. The number of aromatic nitrogens is 2. The van der Waals surface area contributed by atoms with Gasteiger partial charge in [0, 0.05) is 24.4 Å². The molecule has 120 valence electrons. The summed E-state index contributed by atoms with van der Waals surface area (Å²) in [6.45, 7) is 0. The van der Waals surface area contributed by atoms with Crippen molar-refractivity contribution in [1.29, 1.82) is 0 Å². The van der Waals surface area contributed by atoms with Crippen molar-refractivity contribution in [3.8, 4) is 11.5 Å². The van der Waals surface area contributed by atoms with E-state index in [9.17, 15) is 9.59 Å². The van der Waals surface area contributed by atoms with Crippen molar-refractivity contribution >= 4 is 22.5 Å². The van der Waals surface area contributed by atoms with Crippen LogP contribution >= 0.6 is 0 Å². The largest absolute Gasteiger partial charge is 0.495 e. The van der Waals surface area contributed by atoms with Gasteiger partial charge in [-0.3, -0.25) is 14.3 Å². The van der Waals surface area contributed by atoms with Gasteiger partial charge in [-0.05, 0) is 0 Å². The molecule has 0 N–H and O–H groups in total. The van der Waals surface area contributed by atoms with Gasteiger partial charge in [-0.15, -0.1) is 0 Å². The van der Waals surface area contributed by atoms with E-state index < -0.39 is 0 Å². The number of methoxy groups -OCH3 is 2. The molecule has 1 aliphatic rings. The molecule has 4 rings (SSSR count). The number of nitrogens with zero attached hydrogens (tertiary/aromatic N) is 2. The fourth-order valence-corrected chi connectivity index (χ4v) is 3.29. The highest BCUT2D eigenvalue weighted by Crippen LogP contribution is 2.44. The molecular formula is C18H14N2O4. The molecule has 0 unspecified atom stereocenters. The van der Waals surface area contributed by atoms with Crippen molar-refractivity contribution in [3.63, 3.8) is 0 Å². The first-order chi connectivity index (χ1) is 11.6. The van der Waals surface area contributed by atoms with E-state index in [1.54, 1.807) is 42.2 Å². The second-order valence-electron chi connectivity index (χ2n) is 5.59. The third-order valence-corrected chi connectivity index (χ3v) is 4.27. The normalized spacial score (nSPS) is 13.0. The van der Waals surface area contributed by atoms with E-state index in [0.29, 0.717) is 33.5 Å². The average molecular weight is 322 g/mol. The van der Waals surface area contributed by atoms with E-state index in [4.69, 9.17) is 9.47 Å². The summed E-state index contributed by atoms with van der Waals surface area (Å²) in [6.07, 6.45) is 1.75. The molecule has 24 heavy (non-hydrogen) atoms. The Labute approximate surface area is 137 Å². The van der Waals surface area contributed by atoms with E-state index in [-0.39, 0.29) is 22.7 Å². The summed E-state index contributed by atoms with van der Waals surface area (Å²) < 4.78 is 12.6. The zero-order chi connectivity index (χ0) is 17.0. The summed E-state index contributed by atoms with van der Waals surface area (Å²) in [5, 5.41) is 5.00. The molecule has 6 nitrogen and oxygen atoms in total. The molecule has 1 aliphatic carbocycles. The Hall–Kier alpha value is -3.15.